The second kappa shape index (κ2) is 3.25. The molecule has 0 radical (unpaired) electrons. The van der Waals surface area contributed by atoms with E-state index in [1.807, 2.05) is 0 Å². The van der Waals surface area contributed by atoms with E-state index in [4.69, 9.17) is 0 Å². The minimum absolute atomic E-state index is 0.249. The minimum atomic E-state index is -2.24. The van der Waals surface area contributed by atoms with Crippen molar-refractivity contribution in [2.75, 3.05) is 5.75 Å². The molecule has 0 bridgehead atoms. The van der Waals surface area contributed by atoms with E-state index < -0.39 is 16.5 Å². The third-order valence-electron chi connectivity index (χ3n) is 1.09. The summed E-state index contributed by atoms with van der Waals surface area (Å²) >= 11 is -2.24. The van der Waals surface area contributed by atoms with Gasteiger partial charge in [-0.3, -0.25) is 9.00 Å². The maximum atomic E-state index is 10.9. The molecule has 0 saturated carbocycles. The molecule has 0 aliphatic heterocycles. The Morgan fingerprint density at radius 3 is 2.00 bits per heavy atom. The first kappa shape index (κ1) is 9.78. The van der Waals surface area contributed by atoms with Crippen LogP contribution in [0.4, 0.5) is 0 Å². The van der Waals surface area contributed by atoms with E-state index in [1.165, 1.54) is 0 Å². The zero-order valence-corrected chi connectivity index (χ0v) is 7.16. The van der Waals surface area contributed by atoms with Crippen LogP contribution in [-0.2, 0) is 15.9 Å². The largest absolute Gasteiger partial charge is 0.772 e. The van der Waals surface area contributed by atoms with Gasteiger partial charge in [-0.2, -0.15) is 0 Å². The lowest BCUT2D eigenvalue weighted by Gasteiger charge is -2.16. The van der Waals surface area contributed by atoms with Gasteiger partial charge in [0.15, 0.2) is 0 Å². The van der Waals surface area contributed by atoms with Gasteiger partial charge in [0, 0.05) is 5.41 Å². The molecule has 1 unspecified atom stereocenters. The van der Waals surface area contributed by atoms with Gasteiger partial charge < -0.3 is 4.55 Å². The van der Waals surface area contributed by atoms with E-state index in [0.717, 1.165) is 0 Å². The van der Waals surface area contributed by atoms with E-state index in [2.05, 4.69) is 0 Å². The summed E-state index contributed by atoms with van der Waals surface area (Å²) in [6, 6.07) is 0. The van der Waals surface area contributed by atoms with Crippen molar-refractivity contribution < 1.29 is 13.6 Å². The Balaban J connectivity index is 3.99. The van der Waals surface area contributed by atoms with Crippen LogP contribution >= 0.6 is 0 Å². The Labute approximate surface area is 63.1 Å². The number of ketones is 1. The minimum Gasteiger partial charge on any atom is -0.772 e. The van der Waals surface area contributed by atoms with Crippen molar-refractivity contribution in [1.29, 1.82) is 0 Å². The molecule has 0 saturated heterocycles. The molecule has 0 fully saturated rings. The second-order valence-corrected chi connectivity index (χ2v) is 4.02. The maximum absolute atomic E-state index is 10.9. The quantitative estimate of drug-likeness (QED) is 0.556. The van der Waals surface area contributed by atoms with Gasteiger partial charge in [-0.25, -0.2) is 0 Å². The Bertz CT molecular complexity index is 157. The molecule has 0 amide bonds. The molecular formula is C6H11O3S-. The first-order chi connectivity index (χ1) is 4.34. The summed E-state index contributed by atoms with van der Waals surface area (Å²) in [5.41, 5.74) is -0.542. The summed E-state index contributed by atoms with van der Waals surface area (Å²) < 4.78 is 20.1. The van der Waals surface area contributed by atoms with Crippen molar-refractivity contribution in [1.82, 2.24) is 0 Å². The van der Waals surface area contributed by atoms with E-state index in [9.17, 15) is 13.6 Å². The number of hydrogen-bond acceptors (Lipinski definition) is 3. The highest BCUT2D eigenvalue weighted by Gasteiger charge is 2.20. The molecule has 60 valence electrons. The van der Waals surface area contributed by atoms with Gasteiger partial charge in [0.25, 0.3) is 0 Å². The molecule has 0 aromatic carbocycles. The van der Waals surface area contributed by atoms with E-state index >= 15 is 0 Å². The van der Waals surface area contributed by atoms with E-state index in [0.29, 0.717) is 0 Å². The van der Waals surface area contributed by atoms with Crippen LogP contribution < -0.4 is 0 Å². The smallest absolute Gasteiger partial charge is 0.149 e. The van der Waals surface area contributed by atoms with Crippen LogP contribution in [0.1, 0.15) is 20.8 Å². The van der Waals surface area contributed by atoms with Crippen LogP contribution in [0.2, 0.25) is 0 Å². The molecule has 0 aromatic rings. The predicted molar refractivity (Wildman–Crippen MR) is 38.2 cm³/mol. The SMILES string of the molecule is CC(C)(C)C(=O)CS(=O)[O-]. The molecule has 0 N–H and O–H groups in total. The molecule has 10 heavy (non-hydrogen) atoms. The van der Waals surface area contributed by atoms with Crippen LogP contribution in [0.5, 0.6) is 0 Å². The fourth-order valence-corrected chi connectivity index (χ4v) is 0.971. The number of carbonyl (C=O) groups excluding carboxylic acids is 1. The Hall–Kier alpha value is -0.220. The third-order valence-corrected chi connectivity index (χ3v) is 1.58. The number of hydrogen-bond donors (Lipinski definition) is 0. The maximum Gasteiger partial charge on any atom is 0.149 e. The molecule has 3 nitrogen and oxygen atoms in total. The highest BCUT2D eigenvalue weighted by Crippen LogP contribution is 2.14. The van der Waals surface area contributed by atoms with Crippen molar-refractivity contribution in [3.05, 3.63) is 0 Å². The molecule has 0 aromatic heterocycles. The number of Topliss-reactive ketones (excluding diaryl/α,β-unsaturated/α-hetero) is 1. The topological polar surface area (TPSA) is 57.2 Å². The van der Waals surface area contributed by atoms with Gasteiger partial charge in [0.1, 0.15) is 5.78 Å². The first-order valence-corrected chi connectivity index (χ1v) is 4.17. The molecule has 1 atom stereocenters. The molecule has 0 heterocycles. The zero-order chi connectivity index (χ0) is 8.36. The van der Waals surface area contributed by atoms with Crippen molar-refractivity contribution in [3.8, 4) is 0 Å². The fourth-order valence-electron chi connectivity index (χ4n) is 0.324. The second-order valence-electron chi connectivity index (χ2n) is 3.12. The normalized spacial score (nSPS) is 14.8. The standard InChI is InChI=1S/C6H12O3S/c1-6(2,3)5(7)4-10(8)9/h4H2,1-3H3,(H,8,9)/p-1. The zero-order valence-electron chi connectivity index (χ0n) is 6.34. The monoisotopic (exact) mass is 163 g/mol. The summed E-state index contributed by atoms with van der Waals surface area (Å²) in [5.74, 6) is -0.621. The van der Waals surface area contributed by atoms with Crippen molar-refractivity contribution in [2.24, 2.45) is 5.41 Å². The molecule has 0 spiro atoms. The van der Waals surface area contributed by atoms with E-state index in [1.54, 1.807) is 20.8 Å². The lowest BCUT2D eigenvalue weighted by Crippen LogP contribution is -2.25. The van der Waals surface area contributed by atoms with Crippen LogP contribution in [0.3, 0.4) is 0 Å². The summed E-state index contributed by atoms with van der Waals surface area (Å²) in [6.07, 6.45) is 0. The number of rotatable bonds is 2. The Morgan fingerprint density at radius 1 is 1.50 bits per heavy atom. The average Bonchev–Trinajstić information content (AvgIpc) is 1.60. The summed E-state index contributed by atoms with van der Waals surface area (Å²) in [6.45, 7) is 5.09. The third kappa shape index (κ3) is 3.74. The van der Waals surface area contributed by atoms with E-state index in [-0.39, 0.29) is 11.5 Å². The lowest BCUT2D eigenvalue weighted by molar-refractivity contribution is -0.123. The Morgan fingerprint density at radius 2 is 1.90 bits per heavy atom. The average molecular weight is 163 g/mol. The number of carbonyl (C=O) groups is 1. The van der Waals surface area contributed by atoms with Gasteiger partial charge in [-0.1, -0.05) is 20.8 Å². The van der Waals surface area contributed by atoms with Gasteiger partial charge in [0.05, 0.1) is 5.75 Å². The van der Waals surface area contributed by atoms with Crippen molar-refractivity contribution in [3.63, 3.8) is 0 Å². The molecule has 4 heteroatoms. The highest BCUT2D eigenvalue weighted by atomic mass is 32.2. The summed E-state index contributed by atoms with van der Waals surface area (Å²) in [7, 11) is 0. The highest BCUT2D eigenvalue weighted by molar-refractivity contribution is 7.79. The predicted octanol–water partition coefficient (Wildman–Crippen LogP) is 0.481. The van der Waals surface area contributed by atoms with Crippen molar-refractivity contribution >= 4 is 16.9 Å². The molecule has 0 aliphatic carbocycles. The van der Waals surface area contributed by atoms with Gasteiger partial charge in [-0.05, 0) is 11.1 Å². The van der Waals surface area contributed by atoms with Crippen LogP contribution in [-0.4, -0.2) is 20.3 Å². The summed E-state index contributed by atoms with van der Waals surface area (Å²) in [4.78, 5) is 10.9. The van der Waals surface area contributed by atoms with Gasteiger partial charge in [-0.15, -0.1) is 0 Å². The first-order valence-electron chi connectivity index (χ1n) is 2.93. The van der Waals surface area contributed by atoms with Gasteiger partial charge >= 0.3 is 0 Å². The summed E-state index contributed by atoms with van der Waals surface area (Å²) in [5, 5.41) is 0. The lowest BCUT2D eigenvalue weighted by atomic mass is 9.92. The molecule has 0 rings (SSSR count). The fraction of sp³-hybridized carbons (Fsp3) is 0.833. The van der Waals surface area contributed by atoms with Gasteiger partial charge in [0.2, 0.25) is 0 Å². The van der Waals surface area contributed by atoms with Crippen LogP contribution in [0, 0.1) is 5.41 Å². The van der Waals surface area contributed by atoms with Crippen LogP contribution in [0.15, 0.2) is 0 Å². The Kier molecular flexibility index (Phi) is 3.18. The van der Waals surface area contributed by atoms with Crippen LogP contribution in [0.25, 0.3) is 0 Å². The molecule has 0 aliphatic rings. The van der Waals surface area contributed by atoms with Crippen molar-refractivity contribution in [2.45, 2.75) is 20.8 Å². The molecular weight excluding hydrogens is 152 g/mol.